The van der Waals surface area contributed by atoms with Gasteiger partial charge in [0, 0.05) is 44.6 Å². The van der Waals surface area contributed by atoms with Crippen LogP contribution in [0.1, 0.15) is 51.4 Å². The van der Waals surface area contributed by atoms with Crippen molar-refractivity contribution in [2.45, 2.75) is 56.9 Å². The Hall–Kier alpha value is -2.44. The van der Waals surface area contributed by atoms with E-state index in [1.54, 1.807) is 24.5 Å². The number of sulfonamides is 1. The molecule has 10 nitrogen and oxygen atoms in total. The molecular formula is C23H31N7O3S2. The number of likely N-dealkylation sites (tertiary alicyclic amines) is 1. The third-order valence-electron chi connectivity index (χ3n) is 7.27. The van der Waals surface area contributed by atoms with Crippen molar-refractivity contribution in [3.8, 4) is 0 Å². The van der Waals surface area contributed by atoms with Crippen molar-refractivity contribution in [1.82, 2.24) is 32.7 Å². The highest BCUT2D eigenvalue weighted by Crippen LogP contribution is 2.30. The number of aromatic nitrogens is 5. The highest BCUT2D eigenvalue weighted by molar-refractivity contribution is 7.89. The molecule has 0 spiro atoms. The molecule has 3 aromatic rings. The van der Waals surface area contributed by atoms with Crippen LogP contribution in [-0.4, -0.2) is 73.2 Å². The highest BCUT2D eigenvalue weighted by atomic mass is 32.2. The van der Waals surface area contributed by atoms with E-state index in [-0.39, 0.29) is 16.7 Å². The van der Waals surface area contributed by atoms with Gasteiger partial charge in [-0.3, -0.25) is 4.79 Å². The third-order valence-corrected chi connectivity index (χ3v) is 9.74. The van der Waals surface area contributed by atoms with Crippen molar-refractivity contribution >= 4 is 38.7 Å². The SMILES string of the molecule is CC(C)n1cnnc1CC1CCN(C(=O)C2CCN(S(=O)(=O)c3cccc4nsnc34)CC2)CC1. The van der Waals surface area contributed by atoms with Gasteiger partial charge in [-0.2, -0.15) is 13.1 Å². The fourth-order valence-corrected chi connectivity index (χ4v) is 7.41. The second kappa shape index (κ2) is 9.90. The number of amides is 1. The summed E-state index contributed by atoms with van der Waals surface area (Å²) >= 11 is 1.01. The van der Waals surface area contributed by atoms with E-state index in [4.69, 9.17) is 0 Å². The Bertz CT molecular complexity index is 1290. The lowest BCUT2D eigenvalue weighted by Gasteiger charge is -2.37. The van der Waals surface area contributed by atoms with Crippen LogP contribution in [-0.2, 0) is 21.2 Å². The monoisotopic (exact) mass is 517 g/mol. The summed E-state index contributed by atoms with van der Waals surface area (Å²) in [7, 11) is -3.67. The Morgan fingerprint density at radius 1 is 1.09 bits per heavy atom. The largest absolute Gasteiger partial charge is 0.342 e. The Kier molecular flexibility index (Phi) is 6.86. The minimum Gasteiger partial charge on any atom is -0.342 e. The molecule has 1 aromatic carbocycles. The normalized spacial score (nSPS) is 19.1. The molecule has 12 heteroatoms. The van der Waals surface area contributed by atoms with Crippen LogP contribution in [0.15, 0.2) is 29.4 Å². The standard InChI is InChI=1S/C23H31N7O3S2/c1-16(2)30-15-24-25-21(30)14-17-6-10-28(11-7-17)23(31)18-8-12-29(13-9-18)35(32,33)20-5-3-4-19-22(20)27-34-26-19/h3-5,15-18H,6-14H2,1-2H3. The van der Waals surface area contributed by atoms with E-state index in [1.807, 2.05) is 4.90 Å². The van der Waals surface area contributed by atoms with Crippen molar-refractivity contribution in [2.24, 2.45) is 11.8 Å². The van der Waals surface area contributed by atoms with E-state index in [9.17, 15) is 13.2 Å². The van der Waals surface area contributed by atoms with Crippen LogP contribution in [0.25, 0.3) is 11.0 Å². The van der Waals surface area contributed by atoms with E-state index in [0.29, 0.717) is 48.9 Å². The average molecular weight is 518 g/mol. The van der Waals surface area contributed by atoms with Gasteiger partial charge in [-0.15, -0.1) is 10.2 Å². The van der Waals surface area contributed by atoms with Crippen LogP contribution in [0.5, 0.6) is 0 Å². The topological polar surface area (TPSA) is 114 Å². The van der Waals surface area contributed by atoms with Crippen LogP contribution < -0.4 is 0 Å². The van der Waals surface area contributed by atoms with E-state index >= 15 is 0 Å². The molecule has 2 saturated heterocycles. The zero-order chi connectivity index (χ0) is 24.6. The predicted octanol–water partition coefficient (Wildman–Crippen LogP) is 2.75. The first-order chi connectivity index (χ1) is 16.8. The first kappa shape index (κ1) is 24.3. The van der Waals surface area contributed by atoms with Gasteiger partial charge in [0.05, 0.1) is 11.7 Å². The summed E-state index contributed by atoms with van der Waals surface area (Å²) < 4.78 is 38.5. The van der Waals surface area contributed by atoms with Crippen LogP contribution in [0, 0.1) is 11.8 Å². The van der Waals surface area contributed by atoms with Crippen molar-refractivity contribution in [3.63, 3.8) is 0 Å². The molecule has 0 atom stereocenters. The van der Waals surface area contributed by atoms with Gasteiger partial charge in [-0.1, -0.05) is 6.07 Å². The molecule has 4 heterocycles. The van der Waals surface area contributed by atoms with Crippen molar-refractivity contribution in [3.05, 3.63) is 30.4 Å². The first-order valence-corrected chi connectivity index (χ1v) is 14.4. The molecule has 0 bridgehead atoms. The number of hydrogen-bond donors (Lipinski definition) is 0. The molecule has 2 aliphatic rings. The van der Waals surface area contributed by atoms with Crippen LogP contribution in [0.4, 0.5) is 0 Å². The van der Waals surface area contributed by atoms with E-state index in [0.717, 1.165) is 49.9 Å². The molecule has 35 heavy (non-hydrogen) atoms. The van der Waals surface area contributed by atoms with Gasteiger partial charge in [-0.25, -0.2) is 8.42 Å². The number of rotatable bonds is 6. The number of piperidine rings is 2. The summed E-state index contributed by atoms with van der Waals surface area (Å²) in [6, 6.07) is 5.39. The molecule has 2 aromatic heterocycles. The second-order valence-corrected chi connectivity index (χ2v) is 12.2. The Labute approximate surface area is 209 Å². The lowest BCUT2D eigenvalue weighted by molar-refractivity contribution is -0.138. The summed E-state index contributed by atoms with van der Waals surface area (Å²) in [5.41, 5.74) is 1.01. The summed E-state index contributed by atoms with van der Waals surface area (Å²) in [4.78, 5) is 15.4. The Balaban J connectivity index is 1.15. The molecule has 1 amide bonds. The first-order valence-electron chi connectivity index (χ1n) is 12.2. The smallest absolute Gasteiger partial charge is 0.245 e. The molecular weight excluding hydrogens is 486 g/mol. The van der Waals surface area contributed by atoms with Crippen LogP contribution >= 0.6 is 11.7 Å². The summed E-state index contributed by atoms with van der Waals surface area (Å²) in [5.74, 6) is 1.55. The quantitative estimate of drug-likeness (QED) is 0.494. The Morgan fingerprint density at radius 3 is 2.54 bits per heavy atom. The number of nitrogens with zero attached hydrogens (tertiary/aromatic N) is 7. The summed E-state index contributed by atoms with van der Waals surface area (Å²) in [6.45, 7) is 6.43. The maximum Gasteiger partial charge on any atom is 0.245 e. The number of carbonyl (C=O) groups is 1. The van der Waals surface area contributed by atoms with Gasteiger partial charge in [0.15, 0.2) is 0 Å². The molecule has 0 aliphatic carbocycles. The van der Waals surface area contributed by atoms with Gasteiger partial charge < -0.3 is 9.47 Å². The number of fused-ring (bicyclic) bond motifs is 1. The maximum absolute atomic E-state index is 13.3. The molecule has 5 rings (SSSR count). The minimum atomic E-state index is -3.67. The average Bonchev–Trinajstić information content (AvgIpc) is 3.53. The van der Waals surface area contributed by atoms with E-state index in [2.05, 4.69) is 37.4 Å². The molecule has 0 radical (unpaired) electrons. The lowest BCUT2D eigenvalue weighted by atomic mass is 9.90. The molecule has 2 aliphatic heterocycles. The predicted molar refractivity (Wildman–Crippen MR) is 132 cm³/mol. The second-order valence-electron chi connectivity index (χ2n) is 9.79. The maximum atomic E-state index is 13.3. The number of hydrogen-bond acceptors (Lipinski definition) is 8. The number of benzene rings is 1. The number of carbonyl (C=O) groups excluding carboxylic acids is 1. The molecule has 0 unspecified atom stereocenters. The van der Waals surface area contributed by atoms with Gasteiger partial charge in [0.25, 0.3) is 0 Å². The fourth-order valence-electron chi connectivity index (χ4n) is 5.19. The van der Waals surface area contributed by atoms with Gasteiger partial charge in [0.2, 0.25) is 15.9 Å². The van der Waals surface area contributed by atoms with Gasteiger partial charge in [0.1, 0.15) is 28.1 Å². The summed E-state index contributed by atoms with van der Waals surface area (Å²) in [5, 5.41) is 8.36. The Morgan fingerprint density at radius 2 is 1.83 bits per heavy atom. The molecule has 0 N–H and O–H groups in total. The molecule has 2 fully saturated rings. The minimum absolute atomic E-state index is 0.126. The van der Waals surface area contributed by atoms with Crippen molar-refractivity contribution in [2.75, 3.05) is 26.2 Å². The lowest BCUT2D eigenvalue weighted by Crippen LogP contribution is -2.46. The van der Waals surface area contributed by atoms with E-state index in [1.165, 1.54) is 4.31 Å². The zero-order valence-electron chi connectivity index (χ0n) is 20.1. The van der Waals surface area contributed by atoms with Gasteiger partial charge in [-0.05, 0) is 57.6 Å². The van der Waals surface area contributed by atoms with Crippen molar-refractivity contribution in [1.29, 1.82) is 0 Å². The van der Waals surface area contributed by atoms with Crippen LogP contribution in [0.2, 0.25) is 0 Å². The zero-order valence-corrected chi connectivity index (χ0v) is 21.7. The van der Waals surface area contributed by atoms with Gasteiger partial charge >= 0.3 is 0 Å². The third kappa shape index (κ3) is 4.83. The fraction of sp³-hybridized carbons (Fsp3) is 0.609. The van der Waals surface area contributed by atoms with Crippen molar-refractivity contribution < 1.29 is 13.2 Å². The van der Waals surface area contributed by atoms with Crippen LogP contribution in [0.3, 0.4) is 0 Å². The highest BCUT2D eigenvalue weighted by Gasteiger charge is 2.36. The molecule has 188 valence electrons. The summed E-state index contributed by atoms with van der Waals surface area (Å²) in [6.07, 6.45) is 5.67. The molecule has 0 saturated carbocycles. The van der Waals surface area contributed by atoms with E-state index < -0.39 is 10.0 Å².